The highest BCUT2D eigenvalue weighted by molar-refractivity contribution is 5.91. The number of hydrogen-bond acceptors (Lipinski definition) is 2. The minimum absolute atomic E-state index is 0. The van der Waals surface area contributed by atoms with Crippen LogP contribution in [0.25, 0.3) is 0 Å². The zero-order valence-electron chi connectivity index (χ0n) is 11.4. The van der Waals surface area contributed by atoms with Crippen LogP contribution in [0.1, 0.15) is 48.8 Å². The van der Waals surface area contributed by atoms with E-state index in [0.29, 0.717) is 18.0 Å². The standard InChI is InChI=1S/C15H24N2O.2H2/c1-3-5-7-12(4-2)10-15(18)17-14-9-6-8-13(16)11-14;;/h6,8-9,11-12H,3-5,7,10,16H2,1-2H3,(H,17,18);2*1H. The van der Waals surface area contributed by atoms with Crippen molar-refractivity contribution in [2.45, 2.75) is 46.0 Å². The molecule has 0 aromatic heterocycles. The Bertz CT molecular complexity index is 386. The molecule has 0 bridgehead atoms. The zero-order valence-corrected chi connectivity index (χ0v) is 11.4. The predicted molar refractivity (Wildman–Crippen MR) is 81.6 cm³/mol. The molecule has 0 fully saturated rings. The van der Waals surface area contributed by atoms with Gasteiger partial charge in [-0.1, -0.05) is 39.2 Å². The minimum Gasteiger partial charge on any atom is -0.399 e. The van der Waals surface area contributed by atoms with Gasteiger partial charge in [-0.05, 0) is 30.5 Å². The molecule has 1 atom stereocenters. The lowest BCUT2D eigenvalue weighted by molar-refractivity contribution is -0.117. The fourth-order valence-corrected chi connectivity index (χ4v) is 2.03. The molecular weight excluding hydrogens is 224 g/mol. The summed E-state index contributed by atoms with van der Waals surface area (Å²) in [5.74, 6) is 0.578. The summed E-state index contributed by atoms with van der Waals surface area (Å²) in [6.07, 6.45) is 5.18. The third-order valence-corrected chi connectivity index (χ3v) is 3.19. The molecule has 0 radical (unpaired) electrons. The molecule has 1 aromatic carbocycles. The normalized spacial score (nSPS) is 12.1. The lowest BCUT2D eigenvalue weighted by Crippen LogP contribution is -2.16. The molecule has 3 heteroatoms. The maximum absolute atomic E-state index is 11.9. The van der Waals surface area contributed by atoms with Gasteiger partial charge in [0.2, 0.25) is 5.91 Å². The van der Waals surface area contributed by atoms with Crippen molar-refractivity contribution in [3.63, 3.8) is 0 Å². The highest BCUT2D eigenvalue weighted by Gasteiger charge is 2.11. The van der Waals surface area contributed by atoms with E-state index in [2.05, 4.69) is 19.2 Å². The second kappa shape index (κ2) is 7.75. The van der Waals surface area contributed by atoms with E-state index in [0.717, 1.165) is 18.5 Å². The highest BCUT2D eigenvalue weighted by Crippen LogP contribution is 2.18. The molecule has 3 nitrogen and oxygen atoms in total. The molecule has 1 rings (SSSR count). The number of nitrogens with two attached hydrogens (primary N) is 1. The summed E-state index contributed by atoms with van der Waals surface area (Å²) in [5, 5.41) is 2.91. The minimum atomic E-state index is 0. The van der Waals surface area contributed by atoms with Crippen molar-refractivity contribution >= 4 is 17.3 Å². The molecule has 0 heterocycles. The van der Waals surface area contributed by atoms with Crippen LogP contribution >= 0.6 is 0 Å². The van der Waals surface area contributed by atoms with Crippen molar-refractivity contribution < 1.29 is 7.65 Å². The lowest BCUT2D eigenvalue weighted by Gasteiger charge is -2.14. The van der Waals surface area contributed by atoms with Crippen molar-refractivity contribution in [2.24, 2.45) is 5.92 Å². The van der Waals surface area contributed by atoms with Crippen molar-refractivity contribution in [1.82, 2.24) is 0 Å². The van der Waals surface area contributed by atoms with E-state index in [9.17, 15) is 4.79 Å². The third-order valence-electron chi connectivity index (χ3n) is 3.19. The Labute approximate surface area is 113 Å². The molecule has 18 heavy (non-hydrogen) atoms. The first kappa shape index (κ1) is 14.6. The third kappa shape index (κ3) is 5.21. The van der Waals surface area contributed by atoms with E-state index in [1.54, 1.807) is 6.07 Å². The van der Waals surface area contributed by atoms with Gasteiger partial charge in [0.05, 0.1) is 0 Å². The number of benzene rings is 1. The maximum atomic E-state index is 11.9. The molecule has 104 valence electrons. The van der Waals surface area contributed by atoms with Gasteiger partial charge < -0.3 is 11.1 Å². The van der Waals surface area contributed by atoms with Crippen LogP contribution in [0.2, 0.25) is 0 Å². The SMILES string of the molecule is CCCCC(CC)CC(=O)Nc1cccc(N)c1.[HH].[HH]. The fraction of sp³-hybridized carbons (Fsp3) is 0.533. The summed E-state index contributed by atoms with van der Waals surface area (Å²) < 4.78 is 0. The topological polar surface area (TPSA) is 55.1 Å². The van der Waals surface area contributed by atoms with Crippen LogP contribution in [0.4, 0.5) is 11.4 Å². The summed E-state index contributed by atoms with van der Waals surface area (Å²) >= 11 is 0. The fourth-order valence-electron chi connectivity index (χ4n) is 2.03. The average molecular weight is 252 g/mol. The summed E-state index contributed by atoms with van der Waals surface area (Å²) in [7, 11) is 0. The molecule has 1 aromatic rings. The Morgan fingerprint density at radius 2 is 2.22 bits per heavy atom. The van der Waals surface area contributed by atoms with Crippen molar-refractivity contribution in [3.05, 3.63) is 24.3 Å². The molecule has 0 saturated carbocycles. The quantitative estimate of drug-likeness (QED) is 0.711. The molecule has 0 aliphatic carbocycles. The average Bonchev–Trinajstić information content (AvgIpc) is 2.34. The molecule has 0 aliphatic heterocycles. The van der Waals surface area contributed by atoms with E-state index in [4.69, 9.17) is 5.73 Å². The Kier molecular flexibility index (Phi) is 6.26. The summed E-state index contributed by atoms with van der Waals surface area (Å²) in [4.78, 5) is 11.9. The number of hydrogen-bond donors (Lipinski definition) is 2. The first-order valence-corrected chi connectivity index (χ1v) is 6.81. The Morgan fingerprint density at radius 3 is 2.83 bits per heavy atom. The van der Waals surface area contributed by atoms with Gasteiger partial charge in [0.15, 0.2) is 0 Å². The largest absolute Gasteiger partial charge is 0.399 e. The molecule has 3 N–H and O–H groups in total. The Morgan fingerprint density at radius 1 is 1.44 bits per heavy atom. The van der Waals surface area contributed by atoms with Crippen LogP contribution in [0, 0.1) is 5.92 Å². The van der Waals surface area contributed by atoms with E-state index >= 15 is 0 Å². The van der Waals surface area contributed by atoms with E-state index in [1.807, 2.05) is 18.2 Å². The smallest absolute Gasteiger partial charge is 0.224 e. The van der Waals surface area contributed by atoms with Gasteiger partial charge in [0.1, 0.15) is 0 Å². The van der Waals surface area contributed by atoms with E-state index in [1.165, 1.54) is 12.8 Å². The summed E-state index contributed by atoms with van der Waals surface area (Å²) in [6.45, 7) is 4.33. The van der Waals surface area contributed by atoms with Crippen LogP contribution in [0.15, 0.2) is 24.3 Å². The van der Waals surface area contributed by atoms with Gasteiger partial charge in [0, 0.05) is 20.6 Å². The van der Waals surface area contributed by atoms with Crippen LogP contribution in [0.3, 0.4) is 0 Å². The molecule has 0 spiro atoms. The van der Waals surface area contributed by atoms with Crippen molar-refractivity contribution in [3.8, 4) is 0 Å². The predicted octanol–water partition coefficient (Wildman–Crippen LogP) is 4.31. The van der Waals surface area contributed by atoms with Gasteiger partial charge in [-0.15, -0.1) is 0 Å². The van der Waals surface area contributed by atoms with Crippen LogP contribution in [-0.4, -0.2) is 5.91 Å². The number of unbranched alkanes of at least 4 members (excludes halogenated alkanes) is 1. The van der Waals surface area contributed by atoms with Crippen LogP contribution < -0.4 is 11.1 Å². The van der Waals surface area contributed by atoms with E-state index in [-0.39, 0.29) is 8.76 Å². The highest BCUT2D eigenvalue weighted by atomic mass is 16.1. The number of rotatable bonds is 7. The van der Waals surface area contributed by atoms with Gasteiger partial charge in [0.25, 0.3) is 0 Å². The van der Waals surface area contributed by atoms with Gasteiger partial charge >= 0.3 is 0 Å². The molecule has 0 aliphatic rings. The second-order valence-electron chi connectivity index (χ2n) is 4.79. The number of amides is 1. The summed E-state index contributed by atoms with van der Waals surface area (Å²) in [6, 6.07) is 7.30. The van der Waals surface area contributed by atoms with Crippen molar-refractivity contribution in [1.29, 1.82) is 0 Å². The monoisotopic (exact) mass is 252 g/mol. The number of carbonyl (C=O) groups excluding carboxylic acids is 1. The number of nitrogens with one attached hydrogen (secondary N) is 1. The number of anilines is 2. The lowest BCUT2D eigenvalue weighted by atomic mass is 9.95. The van der Waals surface area contributed by atoms with Gasteiger partial charge in [-0.25, -0.2) is 0 Å². The van der Waals surface area contributed by atoms with Gasteiger partial charge in [-0.3, -0.25) is 4.79 Å². The van der Waals surface area contributed by atoms with Crippen molar-refractivity contribution in [2.75, 3.05) is 11.1 Å². The molecule has 0 saturated heterocycles. The number of carbonyl (C=O) groups is 1. The van der Waals surface area contributed by atoms with Gasteiger partial charge in [-0.2, -0.15) is 0 Å². The van der Waals surface area contributed by atoms with Crippen LogP contribution in [0.5, 0.6) is 0 Å². The zero-order chi connectivity index (χ0) is 13.4. The molecule has 1 amide bonds. The van der Waals surface area contributed by atoms with E-state index < -0.39 is 0 Å². The number of nitrogen functional groups attached to an aromatic ring is 1. The molecule has 1 unspecified atom stereocenters. The Balaban J connectivity index is 0. The second-order valence-corrected chi connectivity index (χ2v) is 4.79. The molecular formula is C15H28N2O. The van der Waals surface area contributed by atoms with Crippen LogP contribution in [-0.2, 0) is 4.79 Å². The first-order chi connectivity index (χ1) is 8.65. The Hall–Kier alpha value is -1.51. The maximum Gasteiger partial charge on any atom is 0.224 e. The summed E-state index contributed by atoms with van der Waals surface area (Å²) in [5.41, 5.74) is 7.13. The first-order valence-electron chi connectivity index (χ1n) is 6.81.